The lowest BCUT2D eigenvalue weighted by atomic mass is 9.94. The van der Waals surface area contributed by atoms with Gasteiger partial charge in [-0.2, -0.15) is 0 Å². The zero-order chi connectivity index (χ0) is 25.4. The van der Waals surface area contributed by atoms with Crippen LogP contribution in [0.15, 0.2) is 90.5 Å². The summed E-state index contributed by atoms with van der Waals surface area (Å²) in [5, 5.41) is 13.1. The van der Waals surface area contributed by atoms with Crippen molar-refractivity contribution in [3.8, 4) is 5.75 Å². The Morgan fingerprint density at radius 1 is 0.889 bits per heavy atom. The smallest absolute Gasteiger partial charge is 0.300 e. The van der Waals surface area contributed by atoms with Crippen LogP contribution in [0, 0.1) is 11.6 Å². The van der Waals surface area contributed by atoms with Gasteiger partial charge in [-0.05, 0) is 53.6 Å². The number of benzene rings is 4. The van der Waals surface area contributed by atoms with Crippen LogP contribution in [0.3, 0.4) is 0 Å². The lowest BCUT2D eigenvalue weighted by Crippen LogP contribution is -2.29. The van der Waals surface area contributed by atoms with Gasteiger partial charge in [0.05, 0.1) is 18.2 Å². The third-order valence-corrected chi connectivity index (χ3v) is 6.16. The molecule has 1 aliphatic rings. The Bertz CT molecular complexity index is 1530. The summed E-state index contributed by atoms with van der Waals surface area (Å²) in [5.74, 6) is -3.89. The van der Waals surface area contributed by atoms with Crippen molar-refractivity contribution >= 4 is 33.9 Å². The van der Waals surface area contributed by atoms with Crippen LogP contribution < -0.4 is 9.64 Å². The van der Waals surface area contributed by atoms with E-state index in [0.29, 0.717) is 23.5 Å². The highest BCUT2D eigenvalue weighted by Crippen LogP contribution is 2.43. The molecule has 1 saturated heterocycles. The van der Waals surface area contributed by atoms with Crippen molar-refractivity contribution in [1.29, 1.82) is 0 Å². The minimum absolute atomic E-state index is 0.00699. The van der Waals surface area contributed by atoms with Crippen molar-refractivity contribution in [1.82, 2.24) is 0 Å². The number of ether oxygens (including phenoxy) is 1. The van der Waals surface area contributed by atoms with E-state index in [-0.39, 0.29) is 17.0 Å². The molecule has 5 nitrogen and oxygen atoms in total. The largest absolute Gasteiger partial charge is 0.507 e. The molecule has 0 aromatic heterocycles. The zero-order valence-corrected chi connectivity index (χ0v) is 19.2. The topological polar surface area (TPSA) is 66.8 Å². The van der Waals surface area contributed by atoms with Gasteiger partial charge in [-0.15, -0.1) is 0 Å². The lowest BCUT2D eigenvalue weighted by Gasteiger charge is -2.25. The second kappa shape index (κ2) is 9.26. The number of amides is 1. The monoisotopic (exact) mass is 485 g/mol. The van der Waals surface area contributed by atoms with Gasteiger partial charge in [0.1, 0.15) is 11.5 Å². The predicted octanol–water partition coefficient (Wildman–Crippen LogP) is 6.14. The number of halogens is 2. The third-order valence-electron chi connectivity index (χ3n) is 6.16. The Labute approximate surface area is 205 Å². The van der Waals surface area contributed by atoms with Crippen molar-refractivity contribution in [3.63, 3.8) is 0 Å². The molecule has 4 aromatic carbocycles. The molecule has 0 radical (unpaired) electrons. The Hall–Kier alpha value is -4.52. The number of aliphatic hydroxyl groups excluding tert-OH is 1. The van der Waals surface area contributed by atoms with Gasteiger partial charge < -0.3 is 9.84 Å². The first-order chi connectivity index (χ1) is 17.4. The fraction of sp³-hybridized carbons (Fsp3) is 0.103. The zero-order valence-electron chi connectivity index (χ0n) is 19.2. The molecule has 0 bridgehead atoms. The van der Waals surface area contributed by atoms with Crippen LogP contribution in [0.1, 0.15) is 24.1 Å². The van der Waals surface area contributed by atoms with Crippen molar-refractivity contribution in [2.75, 3.05) is 11.5 Å². The third kappa shape index (κ3) is 3.98. The van der Waals surface area contributed by atoms with E-state index in [2.05, 4.69) is 0 Å². The van der Waals surface area contributed by atoms with Crippen molar-refractivity contribution in [2.45, 2.75) is 13.0 Å². The highest BCUT2D eigenvalue weighted by atomic mass is 19.2. The van der Waals surface area contributed by atoms with Crippen LogP contribution >= 0.6 is 0 Å². The number of hydrogen-bond acceptors (Lipinski definition) is 4. The van der Waals surface area contributed by atoms with E-state index in [1.165, 1.54) is 6.07 Å². The van der Waals surface area contributed by atoms with Crippen LogP contribution in [-0.4, -0.2) is 23.4 Å². The minimum Gasteiger partial charge on any atom is -0.507 e. The number of ketones is 1. The van der Waals surface area contributed by atoms with Crippen molar-refractivity contribution in [2.24, 2.45) is 0 Å². The number of Topliss-reactive ketones (excluding diaryl/α,β-unsaturated/α-hetero) is 1. The molecule has 36 heavy (non-hydrogen) atoms. The van der Waals surface area contributed by atoms with E-state index in [1.54, 1.807) is 36.4 Å². The number of fused-ring (bicyclic) bond motifs is 1. The van der Waals surface area contributed by atoms with Crippen molar-refractivity contribution in [3.05, 3.63) is 113 Å². The summed E-state index contributed by atoms with van der Waals surface area (Å²) in [6, 6.07) is 21.3. The lowest BCUT2D eigenvalue weighted by molar-refractivity contribution is -0.132. The summed E-state index contributed by atoms with van der Waals surface area (Å²) in [7, 11) is 0. The number of anilines is 1. The number of carbonyl (C=O) groups is 2. The molecule has 1 amide bonds. The second-order valence-electron chi connectivity index (χ2n) is 8.33. The van der Waals surface area contributed by atoms with E-state index in [0.717, 1.165) is 27.8 Å². The van der Waals surface area contributed by atoms with Gasteiger partial charge in [0, 0.05) is 17.3 Å². The van der Waals surface area contributed by atoms with Crippen LogP contribution in [-0.2, 0) is 9.59 Å². The van der Waals surface area contributed by atoms with Gasteiger partial charge >= 0.3 is 0 Å². The summed E-state index contributed by atoms with van der Waals surface area (Å²) in [6.45, 7) is 2.30. The fourth-order valence-corrected chi connectivity index (χ4v) is 4.45. The van der Waals surface area contributed by atoms with Crippen LogP contribution in [0.4, 0.5) is 14.5 Å². The van der Waals surface area contributed by atoms with Crippen LogP contribution in [0.25, 0.3) is 16.5 Å². The SMILES string of the molecule is CCOc1ccc(C2/C(=C(/O)c3ccc4ccccc4c3)C(=O)C(=O)N2c2ccc(F)c(F)c2)cc1. The first-order valence-corrected chi connectivity index (χ1v) is 11.4. The molecule has 0 spiro atoms. The Balaban J connectivity index is 1.70. The molecule has 180 valence electrons. The van der Waals surface area contributed by atoms with E-state index < -0.39 is 29.4 Å². The molecule has 1 aliphatic heterocycles. The summed E-state index contributed by atoms with van der Waals surface area (Å²) < 4.78 is 33.2. The van der Waals surface area contributed by atoms with Crippen molar-refractivity contribution < 1.29 is 28.2 Å². The highest BCUT2D eigenvalue weighted by molar-refractivity contribution is 6.51. The Kier molecular flexibility index (Phi) is 5.98. The molecule has 5 rings (SSSR count). The molecular weight excluding hydrogens is 464 g/mol. The van der Waals surface area contributed by atoms with Crippen LogP contribution in [0.2, 0.25) is 0 Å². The molecule has 1 heterocycles. The number of rotatable bonds is 5. The number of carbonyl (C=O) groups excluding carboxylic acids is 2. The molecule has 1 N–H and O–H groups in total. The molecule has 1 fully saturated rings. The average Bonchev–Trinajstić information content (AvgIpc) is 3.16. The molecular formula is C29H21F2NO4. The van der Waals surface area contributed by atoms with Gasteiger partial charge in [0.15, 0.2) is 11.6 Å². The minimum atomic E-state index is -1.16. The molecule has 7 heteroatoms. The van der Waals surface area contributed by atoms with Gasteiger partial charge in [-0.3, -0.25) is 14.5 Å². The number of nitrogens with zero attached hydrogens (tertiary/aromatic N) is 1. The van der Waals surface area contributed by atoms with Crippen LogP contribution in [0.5, 0.6) is 5.75 Å². The molecule has 0 aliphatic carbocycles. The summed E-state index contributed by atoms with van der Waals surface area (Å²) in [4.78, 5) is 27.6. The number of aliphatic hydroxyl groups is 1. The quantitative estimate of drug-likeness (QED) is 0.209. The van der Waals surface area contributed by atoms with Gasteiger partial charge in [0.2, 0.25) is 0 Å². The van der Waals surface area contributed by atoms with Gasteiger partial charge in [-0.1, -0.05) is 48.5 Å². The van der Waals surface area contributed by atoms with Gasteiger partial charge in [0.25, 0.3) is 11.7 Å². The summed E-state index contributed by atoms with van der Waals surface area (Å²) >= 11 is 0. The average molecular weight is 485 g/mol. The van der Waals surface area contributed by atoms with E-state index >= 15 is 0 Å². The molecule has 1 atom stereocenters. The standard InChI is InChI=1S/C29H21F2NO4/c1-2-36-22-12-9-18(10-13-22)26-25(27(33)20-8-7-17-5-3-4-6-19(17)15-20)28(34)29(35)32(26)21-11-14-23(30)24(31)16-21/h3-16,26,33H,2H2,1H3/b27-25-. The second-order valence-corrected chi connectivity index (χ2v) is 8.33. The molecule has 4 aromatic rings. The van der Waals surface area contributed by atoms with E-state index in [1.807, 2.05) is 37.3 Å². The number of hydrogen-bond donors (Lipinski definition) is 1. The first-order valence-electron chi connectivity index (χ1n) is 11.4. The summed E-state index contributed by atoms with van der Waals surface area (Å²) in [5.41, 5.74) is 0.689. The maximum Gasteiger partial charge on any atom is 0.300 e. The Morgan fingerprint density at radius 2 is 1.61 bits per heavy atom. The predicted molar refractivity (Wildman–Crippen MR) is 133 cm³/mol. The van der Waals surface area contributed by atoms with E-state index in [4.69, 9.17) is 4.74 Å². The van der Waals surface area contributed by atoms with Gasteiger partial charge in [-0.25, -0.2) is 8.78 Å². The fourth-order valence-electron chi connectivity index (χ4n) is 4.45. The Morgan fingerprint density at radius 3 is 2.31 bits per heavy atom. The molecule has 1 unspecified atom stereocenters. The van der Waals surface area contributed by atoms with E-state index in [9.17, 15) is 23.5 Å². The normalized spacial score (nSPS) is 17.1. The summed E-state index contributed by atoms with van der Waals surface area (Å²) in [6.07, 6.45) is 0. The maximum absolute atomic E-state index is 14.1. The highest BCUT2D eigenvalue weighted by Gasteiger charge is 2.47. The maximum atomic E-state index is 14.1. The first kappa shape index (κ1) is 23.2. The molecule has 0 saturated carbocycles.